The maximum Gasteiger partial charge on any atom is 0.416 e. The number of amides is 1. The van der Waals surface area contributed by atoms with E-state index in [1.165, 1.54) is 6.07 Å². The SMILES string of the molecule is CCC(C(=O)NCCc1ccc(N)cc1)c1cccc(C(F)(F)F)c1.Cl. The summed E-state index contributed by atoms with van der Waals surface area (Å²) >= 11 is 0. The molecule has 2 rings (SSSR count). The molecule has 0 aromatic heterocycles. The van der Waals surface area contributed by atoms with Crippen LogP contribution in [0.4, 0.5) is 18.9 Å². The minimum atomic E-state index is -4.42. The summed E-state index contributed by atoms with van der Waals surface area (Å²) in [5.74, 6) is -0.869. The number of hydrogen-bond acceptors (Lipinski definition) is 2. The van der Waals surface area contributed by atoms with Crippen LogP contribution < -0.4 is 11.1 Å². The summed E-state index contributed by atoms with van der Waals surface area (Å²) < 4.78 is 38.5. The fourth-order valence-corrected chi connectivity index (χ4v) is 2.64. The number of alkyl halides is 3. The first kappa shape index (κ1) is 21.8. The molecule has 0 bridgehead atoms. The van der Waals surface area contributed by atoms with E-state index in [1.54, 1.807) is 25.1 Å². The van der Waals surface area contributed by atoms with Crippen LogP contribution >= 0.6 is 12.4 Å². The minimum Gasteiger partial charge on any atom is -0.399 e. The molecule has 0 radical (unpaired) electrons. The minimum absolute atomic E-state index is 0. The van der Waals surface area contributed by atoms with E-state index in [-0.39, 0.29) is 18.3 Å². The second kappa shape index (κ2) is 9.48. The van der Waals surface area contributed by atoms with Gasteiger partial charge in [-0.3, -0.25) is 4.79 Å². The van der Waals surface area contributed by atoms with Gasteiger partial charge in [-0.05, 0) is 42.2 Å². The lowest BCUT2D eigenvalue weighted by Gasteiger charge is -2.17. The number of rotatable bonds is 6. The third-order valence-electron chi connectivity index (χ3n) is 4.03. The van der Waals surface area contributed by atoms with Crippen LogP contribution in [0.2, 0.25) is 0 Å². The largest absolute Gasteiger partial charge is 0.416 e. The van der Waals surface area contributed by atoms with Gasteiger partial charge in [-0.1, -0.05) is 37.3 Å². The number of nitrogen functional groups attached to an aromatic ring is 1. The Balaban J connectivity index is 0.00000338. The second-order valence-electron chi connectivity index (χ2n) is 5.87. The molecule has 0 fully saturated rings. The van der Waals surface area contributed by atoms with Gasteiger partial charge in [0.25, 0.3) is 0 Å². The third-order valence-corrected chi connectivity index (χ3v) is 4.03. The lowest BCUT2D eigenvalue weighted by molar-refractivity contribution is -0.137. The van der Waals surface area contributed by atoms with Crippen molar-refractivity contribution in [1.82, 2.24) is 5.32 Å². The molecule has 0 aliphatic heterocycles. The summed E-state index contributed by atoms with van der Waals surface area (Å²) in [6.07, 6.45) is -3.36. The fraction of sp³-hybridized carbons (Fsp3) is 0.316. The van der Waals surface area contributed by atoms with Crippen molar-refractivity contribution in [3.8, 4) is 0 Å². The van der Waals surface area contributed by atoms with Crippen LogP contribution in [0.3, 0.4) is 0 Å². The van der Waals surface area contributed by atoms with E-state index in [0.29, 0.717) is 30.6 Å². The summed E-state index contributed by atoms with van der Waals surface area (Å²) in [4.78, 5) is 12.4. The van der Waals surface area contributed by atoms with Gasteiger partial charge in [-0.25, -0.2) is 0 Å². The van der Waals surface area contributed by atoms with Gasteiger partial charge in [0.15, 0.2) is 0 Å². The van der Waals surface area contributed by atoms with Crippen LogP contribution in [0.15, 0.2) is 48.5 Å². The van der Waals surface area contributed by atoms with Crippen molar-refractivity contribution in [1.29, 1.82) is 0 Å². The molecule has 0 saturated carbocycles. The zero-order valence-electron chi connectivity index (χ0n) is 14.3. The van der Waals surface area contributed by atoms with Gasteiger partial charge >= 0.3 is 6.18 Å². The molecular formula is C19H22ClF3N2O. The van der Waals surface area contributed by atoms with Gasteiger partial charge in [-0.2, -0.15) is 13.2 Å². The molecule has 1 atom stereocenters. The zero-order valence-corrected chi connectivity index (χ0v) is 15.2. The topological polar surface area (TPSA) is 55.1 Å². The molecule has 0 spiro atoms. The van der Waals surface area contributed by atoms with Gasteiger partial charge in [0.1, 0.15) is 0 Å². The molecule has 142 valence electrons. The number of hydrogen-bond donors (Lipinski definition) is 2. The molecule has 26 heavy (non-hydrogen) atoms. The summed E-state index contributed by atoms with van der Waals surface area (Å²) in [5.41, 5.74) is 6.96. The van der Waals surface area contributed by atoms with E-state index in [1.807, 2.05) is 12.1 Å². The zero-order chi connectivity index (χ0) is 18.4. The van der Waals surface area contributed by atoms with Crippen LogP contribution in [-0.2, 0) is 17.4 Å². The Kier molecular flexibility index (Phi) is 7.96. The third kappa shape index (κ3) is 5.95. The van der Waals surface area contributed by atoms with Crippen LogP contribution in [0.1, 0.15) is 36.0 Å². The average molecular weight is 387 g/mol. The predicted molar refractivity (Wildman–Crippen MR) is 99.3 cm³/mol. The first-order valence-corrected chi connectivity index (χ1v) is 8.10. The Morgan fingerprint density at radius 2 is 1.81 bits per heavy atom. The molecule has 3 nitrogen and oxygen atoms in total. The van der Waals surface area contributed by atoms with Gasteiger partial charge in [0.2, 0.25) is 5.91 Å². The number of benzene rings is 2. The maximum absolute atomic E-state index is 12.8. The van der Waals surface area contributed by atoms with E-state index in [9.17, 15) is 18.0 Å². The van der Waals surface area contributed by atoms with E-state index >= 15 is 0 Å². The number of anilines is 1. The highest BCUT2D eigenvalue weighted by Gasteiger charge is 2.31. The second-order valence-corrected chi connectivity index (χ2v) is 5.87. The lowest BCUT2D eigenvalue weighted by atomic mass is 9.94. The van der Waals surface area contributed by atoms with Crippen LogP contribution in [-0.4, -0.2) is 12.5 Å². The summed E-state index contributed by atoms with van der Waals surface area (Å²) in [7, 11) is 0. The van der Waals surface area contributed by atoms with Gasteiger partial charge < -0.3 is 11.1 Å². The molecule has 0 heterocycles. The average Bonchev–Trinajstić information content (AvgIpc) is 2.57. The van der Waals surface area contributed by atoms with Crippen molar-refractivity contribution in [2.24, 2.45) is 0 Å². The Hall–Kier alpha value is -2.21. The highest BCUT2D eigenvalue weighted by molar-refractivity contribution is 5.85. The van der Waals surface area contributed by atoms with Crippen molar-refractivity contribution in [3.63, 3.8) is 0 Å². The van der Waals surface area contributed by atoms with E-state index in [0.717, 1.165) is 17.7 Å². The van der Waals surface area contributed by atoms with Crippen LogP contribution in [0, 0.1) is 0 Å². The van der Waals surface area contributed by atoms with Gasteiger partial charge in [0.05, 0.1) is 11.5 Å². The quantitative estimate of drug-likeness (QED) is 0.715. The maximum atomic E-state index is 12.8. The predicted octanol–water partition coefficient (Wildman–Crippen LogP) is 4.56. The van der Waals surface area contributed by atoms with E-state index in [2.05, 4.69) is 5.32 Å². The number of carbonyl (C=O) groups excluding carboxylic acids is 1. The molecule has 3 N–H and O–H groups in total. The summed E-state index contributed by atoms with van der Waals surface area (Å²) in [6.45, 7) is 2.20. The summed E-state index contributed by atoms with van der Waals surface area (Å²) in [5, 5.41) is 2.80. The first-order valence-electron chi connectivity index (χ1n) is 8.10. The molecule has 1 unspecified atom stereocenters. The van der Waals surface area contributed by atoms with E-state index in [4.69, 9.17) is 5.73 Å². The number of carbonyl (C=O) groups is 1. The van der Waals surface area contributed by atoms with Gasteiger partial charge in [0, 0.05) is 12.2 Å². The molecule has 2 aromatic carbocycles. The Bertz CT molecular complexity index is 717. The van der Waals surface area contributed by atoms with Crippen LogP contribution in [0.5, 0.6) is 0 Å². The number of halogens is 4. The molecule has 2 aromatic rings. The van der Waals surface area contributed by atoms with Crippen molar-refractivity contribution in [2.75, 3.05) is 12.3 Å². The number of nitrogens with one attached hydrogen (secondary N) is 1. The Morgan fingerprint density at radius 1 is 1.15 bits per heavy atom. The number of nitrogens with two attached hydrogens (primary N) is 1. The van der Waals surface area contributed by atoms with Crippen molar-refractivity contribution in [2.45, 2.75) is 31.9 Å². The molecule has 0 aliphatic carbocycles. The lowest BCUT2D eigenvalue weighted by Crippen LogP contribution is -2.31. The molecule has 0 saturated heterocycles. The highest BCUT2D eigenvalue weighted by Crippen LogP contribution is 2.31. The monoisotopic (exact) mass is 386 g/mol. The van der Waals surface area contributed by atoms with Crippen LogP contribution in [0.25, 0.3) is 0 Å². The fourth-order valence-electron chi connectivity index (χ4n) is 2.64. The molecule has 0 aliphatic rings. The Morgan fingerprint density at radius 3 is 2.38 bits per heavy atom. The van der Waals surface area contributed by atoms with Crippen molar-refractivity contribution >= 4 is 24.0 Å². The molecular weight excluding hydrogens is 365 g/mol. The standard InChI is InChI=1S/C19H21F3N2O.ClH/c1-2-17(14-4-3-5-15(12-14)19(20,21)22)18(25)24-11-10-13-6-8-16(23)9-7-13;/h3-9,12,17H,2,10-11,23H2,1H3,(H,24,25);1H. The Labute approximate surface area is 157 Å². The highest BCUT2D eigenvalue weighted by atomic mass is 35.5. The summed E-state index contributed by atoms with van der Waals surface area (Å²) in [6, 6.07) is 12.3. The van der Waals surface area contributed by atoms with Crippen molar-refractivity contribution < 1.29 is 18.0 Å². The first-order chi connectivity index (χ1) is 11.8. The van der Waals surface area contributed by atoms with Gasteiger partial charge in [-0.15, -0.1) is 12.4 Å². The van der Waals surface area contributed by atoms with E-state index < -0.39 is 17.7 Å². The molecule has 7 heteroatoms. The smallest absolute Gasteiger partial charge is 0.399 e. The molecule has 1 amide bonds. The normalized spacial score (nSPS) is 12.2. The van der Waals surface area contributed by atoms with Crippen molar-refractivity contribution in [3.05, 3.63) is 65.2 Å².